The second-order valence-electron chi connectivity index (χ2n) is 12.0. The molecule has 18 nitrogen and oxygen atoms in total. The Bertz CT molecular complexity index is 1680. The maximum Gasteiger partial charge on any atom is 0.228 e. The smallest absolute Gasteiger partial charge is 0.228 e. The lowest BCUT2D eigenvalue weighted by molar-refractivity contribution is -0.325. The molecule has 0 bridgehead atoms. The van der Waals surface area contributed by atoms with Crippen molar-refractivity contribution >= 4 is 11.0 Å². The highest BCUT2D eigenvalue weighted by Crippen LogP contribution is 2.47. The summed E-state index contributed by atoms with van der Waals surface area (Å²) in [6.07, 6.45) is -22.6. The van der Waals surface area contributed by atoms with Crippen molar-refractivity contribution in [3.05, 3.63) is 52.2 Å². The maximum absolute atomic E-state index is 13.5. The van der Waals surface area contributed by atoms with Crippen LogP contribution in [-0.4, -0.2) is 150 Å². The van der Waals surface area contributed by atoms with Gasteiger partial charge in [-0.3, -0.25) is 4.79 Å². The van der Waals surface area contributed by atoms with Crippen LogP contribution in [0.2, 0.25) is 0 Å². The van der Waals surface area contributed by atoms with Crippen LogP contribution < -0.4 is 10.2 Å². The number of rotatable bonds is 7. The monoisotopic (exact) mass is 696 g/mol. The highest BCUT2D eigenvalue weighted by Gasteiger charge is 2.51. The molecule has 49 heavy (non-hydrogen) atoms. The van der Waals surface area contributed by atoms with Crippen molar-refractivity contribution in [2.75, 3.05) is 19.8 Å². The lowest BCUT2D eigenvalue weighted by atomic mass is 9.89. The van der Waals surface area contributed by atoms with Crippen molar-refractivity contribution in [1.82, 2.24) is 0 Å². The third kappa shape index (κ3) is 6.59. The summed E-state index contributed by atoms with van der Waals surface area (Å²) in [5.74, 6) is -1.38. The van der Waals surface area contributed by atoms with Gasteiger partial charge in [-0.25, -0.2) is 0 Å². The first-order valence-electron chi connectivity index (χ1n) is 15.2. The zero-order chi connectivity index (χ0) is 35.3. The van der Waals surface area contributed by atoms with Crippen LogP contribution in [0.4, 0.5) is 0 Å². The van der Waals surface area contributed by atoms with Gasteiger partial charge in [0.15, 0.2) is 11.7 Å². The van der Waals surface area contributed by atoms with Crippen LogP contribution in [0, 0.1) is 0 Å². The average molecular weight is 697 g/mol. The van der Waals surface area contributed by atoms with Gasteiger partial charge in [0.25, 0.3) is 0 Å². The van der Waals surface area contributed by atoms with Crippen molar-refractivity contribution in [1.29, 1.82) is 0 Å². The van der Waals surface area contributed by atoms with E-state index in [2.05, 4.69) is 0 Å². The number of ether oxygens (including phenoxy) is 5. The van der Waals surface area contributed by atoms with Gasteiger partial charge in [0, 0.05) is 17.7 Å². The summed E-state index contributed by atoms with van der Waals surface area (Å²) in [4.78, 5) is 13.5. The van der Waals surface area contributed by atoms with Crippen LogP contribution in [-0.2, 0) is 18.9 Å². The molecule has 4 heterocycles. The normalized spacial score (nSPS) is 36.9. The molecule has 3 saturated heterocycles. The summed E-state index contributed by atoms with van der Waals surface area (Å²) >= 11 is 0. The molecule has 0 amide bonds. The average Bonchev–Trinajstić information content (AvgIpc) is 3.07. The lowest BCUT2D eigenvalue weighted by Gasteiger charge is -2.45. The maximum atomic E-state index is 13.5. The fraction of sp³-hybridized carbons (Fsp3) is 0.516. The SMILES string of the molecule is O=c1cc(-c2ccc(O)cc2)oc2cc(OC3OCC(O)C(O)C3O)c(C3OC(CO)C(O)C(O)C3OC3OCC(O)C(O)C3O)c(O)c12. The van der Waals surface area contributed by atoms with Gasteiger partial charge in [-0.2, -0.15) is 0 Å². The van der Waals surface area contributed by atoms with Gasteiger partial charge in [-0.15, -0.1) is 0 Å². The molecule has 2 aromatic carbocycles. The minimum Gasteiger partial charge on any atom is -0.508 e. The Morgan fingerprint density at radius 2 is 1.37 bits per heavy atom. The third-order valence-corrected chi connectivity index (χ3v) is 8.74. The standard InChI is InChI=1S/C31H36O18/c32-7-18-23(39)25(41)29(49-31-27(43)22(38)14(36)9-45-31)28(47-18)20-17(48-30-26(42)21(37)13(35)8-44-30)6-16-19(24(20)40)12(34)5-15(46-16)10-1-3-11(33)4-2-10/h1-6,13-14,18,21-23,25-33,35-43H,7-9H2. The van der Waals surface area contributed by atoms with Crippen LogP contribution in [0.15, 0.2) is 45.6 Å². The molecule has 0 saturated carbocycles. The molecule has 6 rings (SSSR count). The first-order chi connectivity index (χ1) is 23.3. The van der Waals surface area contributed by atoms with E-state index in [0.717, 1.165) is 12.1 Å². The molecule has 11 N–H and O–H groups in total. The topological polar surface area (TPSA) is 299 Å². The molecule has 13 atom stereocenters. The third-order valence-electron chi connectivity index (χ3n) is 8.74. The predicted molar refractivity (Wildman–Crippen MR) is 159 cm³/mol. The van der Waals surface area contributed by atoms with Crippen LogP contribution in [0.25, 0.3) is 22.3 Å². The fourth-order valence-electron chi connectivity index (χ4n) is 5.97. The number of phenols is 2. The number of hydrogen-bond donors (Lipinski definition) is 11. The van der Waals surface area contributed by atoms with Gasteiger partial charge in [-0.05, 0) is 24.3 Å². The van der Waals surface area contributed by atoms with Crippen LogP contribution in [0.5, 0.6) is 17.2 Å². The van der Waals surface area contributed by atoms with Gasteiger partial charge in [0.05, 0.1) is 25.4 Å². The van der Waals surface area contributed by atoms with Crippen LogP contribution >= 0.6 is 0 Å². The number of fused-ring (bicyclic) bond motifs is 1. The summed E-state index contributed by atoms with van der Waals surface area (Å²) in [6, 6.07) is 7.76. The van der Waals surface area contributed by atoms with Crippen molar-refractivity contribution in [2.24, 2.45) is 0 Å². The van der Waals surface area contributed by atoms with E-state index in [1.807, 2.05) is 0 Å². The second-order valence-corrected chi connectivity index (χ2v) is 12.0. The Labute approximate surface area is 275 Å². The van der Waals surface area contributed by atoms with E-state index < -0.39 is 127 Å². The number of benzene rings is 2. The summed E-state index contributed by atoms with van der Waals surface area (Å²) in [6.45, 7) is -1.87. The summed E-state index contributed by atoms with van der Waals surface area (Å²) in [5.41, 5.74) is -1.20. The van der Waals surface area contributed by atoms with E-state index >= 15 is 0 Å². The van der Waals surface area contributed by atoms with E-state index in [4.69, 9.17) is 28.1 Å². The van der Waals surface area contributed by atoms with Gasteiger partial charge >= 0.3 is 0 Å². The molecular formula is C31H36O18. The van der Waals surface area contributed by atoms with Crippen molar-refractivity contribution in [3.8, 4) is 28.6 Å². The zero-order valence-electron chi connectivity index (χ0n) is 25.4. The number of aliphatic hydroxyl groups excluding tert-OH is 9. The Balaban J connectivity index is 1.51. The number of hydrogen-bond acceptors (Lipinski definition) is 18. The van der Waals surface area contributed by atoms with Gasteiger partial charge in [0.2, 0.25) is 6.29 Å². The molecular weight excluding hydrogens is 660 g/mol. The minimum atomic E-state index is -1.96. The second kappa shape index (κ2) is 14.0. The quantitative estimate of drug-likeness (QED) is 0.115. The first-order valence-corrected chi connectivity index (χ1v) is 15.2. The first kappa shape index (κ1) is 35.4. The molecule has 1 aromatic heterocycles. The molecule has 18 heteroatoms. The van der Waals surface area contributed by atoms with Crippen LogP contribution in [0.1, 0.15) is 11.7 Å². The zero-order valence-corrected chi connectivity index (χ0v) is 25.4. The summed E-state index contributed by atoms with van der Waals surface area (Å²) in [5, 5.41) is 114. The van der Waals surface area contributed by atoms with E-state index in [-0.39, 0.29) is 17.1 Å². The molecule has 0 radical (unpaired) electrons. The summed E-state index contributed by atoms with van der Waals surface area (Å²) in [7, 11) is 0. The van der Waals surface area contributed by atoms with E-state index in [0.29, 0.717) is 5.56 Å². The predicted octanol–water partition coefficient (Wildman–Crippen LogP) is -3.33. The van der Waals surface area contributed by atoms with Gasteiger partial charge in [-0.1, -0.05) is 0 Å². The molecule has 3 fully saturated rings. The molecule has 3 aliphatic heterocycles. The highest BCUT2D eigenvalue weighted by molar-refractivity contribution is 5.88. The molecule has 3 aliphatic rings. The van der Waals surface area contributed by atoms with Crippen molar-refractivity contribution in [2.45, 2.75) is 79.7 Å². The number of aromatic hydroxyl groups is 2. The fourth-order valence-corrected chi connectivity index (χ4v) is 5.97. The highest BCUT2D eigenvalue weighted by atomic mass is 16.7. The Morgan fingerprint density at radius 3 is 2.00 bits per heavy atom. The van der Waals surface area contributed by atoms with Gasteiger partial charge in [0.1, 0.15) is 101 Å². The van der Waals surface area contributed by atoms with E-state index in [9.17, 15) is 61.0 Å². The van der Waals surface area contributed by atoms with E-state index in [1.165, 1.54) is 24.3 Å². The van der Waals surface area contributed by atoms with Gasteiger partial charge < -0.3 is 84.3 Å². The van der Waals surface area contributed by atoms with Crippen LogP contribution in [0.3, 0.4) is 0 Å². The van der Waals surface area contributed by atoms with Crippen molar-refractivity contribution in [3.63, 3.8) is 0 Å². The van der Waals surface area contributed by atoms with E-state index in [1.54, 1.807) is 0 Å². The largest absolute Gasteiger partial charge is 0.508 e. The molecule has 268 valence electrons. The lowest BCUT2D eigenvalue weighted by Crippen LogP contribution is -2.60. The molecule has 0 spiro atoms. The molecule has 3 aromatic rings. The summed E-state index contributed by atoms with van der Waals surface area (Å²) < 4.78 is 34.2. The Hall–Kier alpha value is -3.47. The number of aliphatic hydroxyl groups is 9. The molecule has 13 unspecified atom stereocenters. The van der Waals surface area contributed by atoms with Crippen molar-refractivity contribution < 1.29 is 84.3 Å². The molecule has 0 aliphatic carbocycles. The minimum absolute atomic E-state index is 0.00120. The Kier molecular flexibility index (Phi) is 10.1. The number of phenolic OH excluding ortho intramolecular Hbond substituents is 2. The Morgan fingerprint density at radius 1 is 0.755 bits per heavy atom.